The molecule has 8 heteroatoms. The van der Waals surface area contributed by atoms with E-state index in [-0.39, 0.29) is 0 Å². The second kappa shape index (κ2) is 9.73. The van der Waals surface area contributed by atoms with Gasteiger partial charge in [0.1, 0.15) is 4.21 Å². The fraction of sp³-hybridized carbons (Fsp3) is 0.476. The molecule has 1 aliphatic heterocycles. The zero-order valence-corrected chi connectivity index (χ0v) is 19.0. The van der Waals surface area contributed by atoms with Crippen LogP contribution in [0.4, 0.5) is 0 Å². The van der Waals surface area contributed by atoms with Gasteiger partial charge >= 0.3 is 0 Å². The summed E-state index contributed by atoms with van der Waals surface area (Å²) in [6, 6.07) is 14.2. The van der Waals surface area contributed by atoms with Crippen molar-refractivity contribution in [2.24, 2.45) is 10.9 Å². The van der Waals surface area contributed by atoms with E-state index in [4.69, 9.17) is 4.99 Å². The molecule has 1 aromatic carbocycles. The first-order valence-electron chi connectivity index (χ1n) is 9.98. The molecule has 1 unspecified atom stereocenters. The van der Waals surface area contributed by atoms with Crippen LogP contribution in [0.2, 0.25) is 0 Å². The number of thiophene rings is 1. The Kier molecular flexibility index (Phi) is 7.32. The molecule has 0 aliphatic carbocycles. The molecule has 0 amide bonds. The fourth-order valence-corrected chi connectivity index (χ4v) is 5.93. The van der Waals surface area contributed by atoms with Crippen molar-refractivity contribution in [1.82, 2.24) is 14.5 Å². The van der Waals surface area contributed by atoms with Crippen LogP contribution in [0.15, 0.2) is 51.7 Å². The maximum absolute atomic E-state index is 12.3. The van der Waals surface area contributed by atoms with E-state index >= 15 is 0 Å². The number of rotatable bonds is 7. The molecule has 1 N–H and O–H groups in total. The fourth-order valence-electron chi connectivity index (χ4n) is 3.48. The number of benzene rings is 1. The molecule has 29 heavy (non-hydrogen) atoms. The number of likely N-dealkylation sites (tertiary alicyclic amines) is 1. The van der Waals surface area contributed by atoms with E-state index in [0.29, 0.717) is 16.7 Å². The summed E-state index contributed by atoms with van der Waals surface area (Å²) in [6.45, 7) is 5.35. The van der Waals surface area contributed by atoms with Gasteiger partial charge < -0.3 is 10.2 Å². The van der Waals surface area contributed by atoms with Gasteiger partial charge in [-0.25, -0.2) is 17.7 Å². The lowest BCUT2D eigenvalue weighted by molar-refractivity contribution is 0.460. The molecule has 0 radical (unpaired) electrons. The molecule has 0 bridgehead atoms. The predicted octanol–water partition coefficient (Wildman–Crippen LogP) is 3.03. The minimum Gasteiger partial charge on any atom is -0.357 e. The zero-order chi connectivity index (χ0) is 20.9. The summed E-state index contributed by atoms with van der Waals surface area (Å²) in [5, 5.41) is 3.39. The molecule has 0 saturated carbocycles. The van der Waals surface area contributed by atoms with Crippen LogP contribution in [-0.4, -0.2) is 57.3 Å². The Morgan fingerprint density at radius 1 is 1.24 bits per heavy atom. The number of nitrogens with zero attached hydrogens (tertiary/aromatic N) is 3. The van der Waals surface area contributed by atoms with Gasteiger partial charge in [-0.1, -0.05) is 30.3 Å². The van der Waals surface area contributed by atoms with Crippen molar-refractivity contribution >= 4 is 27.3 Å². The summed E-state index contributed by atoms with van der Waals surface area (Å²) >= 11 is 1.29. The van der Waals surface area contributed by atoms with E-state index in [1.165, 1.54) is 21.2 Å². The van der Waals surface area contributed by atoms with Crippen LogP contribution in [0, 0.1) is 5.92 Å². The lowest BCUT2D eigenvalue weighted by Crippen LogP contribution is -2.40. The topological polar surface area (TPSA) is 65.0 Å². The molecule has 3 rings (SSSR count). The summed E-state index contributed by atoms with van der Waals surface area (Å²) in [4.78, 5) is 8.05. The Morgan fingerprint density at radius 3 is 2.69 bits per heavy atom. The van der Waals surface area contributed by atoms with Gasteiger partial charge in [0.15, 0.2) is 5.96 Å². The first-order valence-corrected chi connectivity index (χ1v) is 12.2. The van der Waals surface area contributed by atoms with Crippen LogP contribution in [0.1, 0.15) is 23.8 Å². The van der Waals surface area contributed by atoms with E-state index in [2.05, 4.69) is 47.5 Å². The predicted molar refractivity (Wildman–Crippen MR) is 120 cm³/mol. The highest BCUT2D eigenvalue weighted by atomic mass is 32.2. The lowest BCUT2D eigenvalue weighted by atomic mass is 9.99. The summed E-state index contributed by atoms with van der Waals surface area (Å²) in [6.07, 6.45) is 2.25. The van der Waals surface area contributed by atoms with Crippen molar-refractivity contribution < 1.29 is 8.42 Å². The normalized spacial score (nSPS) is 17.9. The average Bonchev–Trinajstić information content (AvgIpc) is 3.36. The van der Waals surface area contributed by atoms with Crippen molar-refractivity contribution in [1.29, 1.82) is 0 Å². The Hall–Kier alpha value is -1.90. The number of hydrogen-bond donors (Lipinski definition) is 1. The molecule has 2 heterocycles. The van der Waals surface area contributed by atoms with Crippen molar-refractivity contribution in [3.05, 3.63) is 52.9 Å². The van der Waals surface area contributed by atoms with Crippen molar-refractivity contribution in [3.8, 4) is 0 Å². The van der Waals surface area contributed by atoms with E-state index < -0.39 is 10.0 Å². The highest BCUT2D eigenvalue weighted by Crippen LogP contribution is 2.25. The molecule has 1 fully saturated rings. The minimum atomic E-state index is -3.38. The third-order valence-corrected chi connectivity index (χ3v) is 8.40. The molecular weight excluding hydrogens is 404 g/mol. The average molecular weight is 435 g/mol. The number of hydrogen-bond acceptors (Lipinski definition) is 4. The van der Waals surface area contributed by atoms with Gasteiger partial charge in [0, 0.05) is 38.6 Å². The monoisotopic (exact) mass is 434 g/mol. The Balaban J connectivity index is 1.64. The number of sulfonamides is 1. The molecular formula is C21H30N4O2S2. The highest BCUT2D eigenvalue weighted by molar-refractivity contribution is 7.91. The van der Waals surface area contributed by atoms with Crippen LogP contribution < -0.4 is 5.32 Å². The summed E-state index contributed by atoms with van der Waals surface area (Å²) in [7, 11) is -0.278. The van der Waals surface area contributed by atoms with Crippen molar-refractivity contribution in [2.45, 2.75) is 30.5 Å². The smallest absolute Gasteiger partial charge is 0.252 e. The second-order valence-electron chi connectivity index (χ2n) is 7.47. The SMILES string of the molecule is CCNC(=NCc1ccc(S(=O)(=O)N(C)C)s1)N1CCC(Cc2ccccc2)C1. The lowest BCUT2D eigenvalue weighted by Gasteiger charge is -2.21. The number of nitrogens with one attached hydrogen (secondary N) is 1. The van der Waals surface area contributed by atoms with Gasteiger partial charge in [-0.3, -0.25) is 0 Å². The minimum absolute atomic E-state index is 0.363. The number of aliphatic imine (C=N–C) groups is 1. The Bertz CT molecular complexity index is 923. The first kappa shape index (κ1) is 21.8. The first-order chi connectivity index (χ1) is 13.9. The molecule has 1 atom stereocenters. The number of guanidine groups is 1. The van der Waals surface area contributed by atoms with E-state index in [0.717, 1.165) is 43.3 Å². The maximum atomic E-state index is 12.3. The third kappa shape index (κ3) is 5.58. The van der Waals surface area contributed by atoms with Crippen molar-refractivity contribution in [2.75, 3.05) is 33.7 Å². The second-order valence-corrected chi connectivity index (χ2v) is 11.0. The quantitative estimate of drug-likeness (QED) is 0.537. The summed E-state index contributed by atoms with van der Waals surface area (Å²) in [5.74, 6) is 1.54. The molecule has 1 saturated heterocycles. The third-order valence-electron chi connectivity index (χ3n) is 5.04. The van der Waals surface area contributed by atoms with Gasteiger partial charge in [0.25, 0.3) is 10.0 Å². The molecule has 1 aromatic heterocycles. The van der Waals surface area contributed by atoms with Crippen LogP contribution in [0.5, 0.6) is 0 Å². The van der Waals surface area contributed by atoms with Crippen LogP contribution >= 0.6 is 11.3 Å². The van der Waals surface area contributed by atoms with E-state index in [9.17, 15) is 8.42 Å². The van der Waals surface area contributed by atoms with Gasteiger partial charge in [-0.2, -0.15) is 0 Å². The summed E-state index contributed by atoms with van der Waals surface area (Å²) < 4.78 is 26.1. The summed E-state index contributed by atoms with van der Waals surface area (Å²) in [5.41, 5.74) is 1.38. The zero-order valence-electron chi connectivity index (χ0n) is 17.3. The van der Waals surface area contributed by atoms with Gasteiger partial charge in [-0.15, -0.1) is 11.3 Å². The Morgan fingerprint density at radius 2 is 2.00 bits per heavy atom. The highest BCUT2D eigenvalue weighted by Gasteiger charge is 2.25. The molecule has 6 nitrogen and oxygen atoms in total. The largest absolute Gasteiger partial charge is 0.357 e. The maximum Gasteiger partial charge on any atom is 0.252 e. The van der Waals surface area contributed by atoms with Crippen LogP contribution in [0.3, 0.4) is 0 Å². The molecule has 2 aromatic rings. The van der Waals surface area contributed by atoms with Crippen LogP contribution in [0.25, 0.3) is 0 Å². The standard InChI is InChI=1S/C21H30N4O2S2/c1-4-22-21(23-15-19-10-11-20(28-19)29(26,27)24(2)3)25-13-12-18(16-25)14-17-8-6-5-7-9-17/h5-11,18H,4,12-16H2,1-3H3,(H,22,23). The van der Waals surface area contributed by atoms with Gasteiger partial charge in [0.05, 0.1) is 6.54 Å². The molecule has 1 aliphatic rings. The van der Waals surface area contributed by atoms with Crippen molar-refractivity contribution in [3.63, 3.8) is 0 Å². The molecule has 158 valence electrons. The van der Waals surface area contributed by atoms with Gasteiger partial charge in [0.2, 0.25) is 0 Å². The molecule has 0 spiro atoms. The Labute approximate surface area is 178 Å². The van der Waals surface area contributed by atoms with Gasteiger partial charge in [-0.05, 0) is 43.4 Å². The van der Waals surface area contributed by atoms with E-state index in [1.54, 1.807) is 20.2 Å². The van der Waals surface area contributed by atoms with Crippen LogP contribution in [-0.2, 0) is 23.0 Å². The van der Waals surface area contributed by atoms with E-state index in [1.807, 2.05) is 6.07 Å².